The van der Waals surface area contributed by atoms with Gasteiger partial charge in [-0.1, -0.05) is 32.4 Å². The van der Waals surface area contributed by atoms with E-state index in [-0.39, 0.29) is 33.9 Å². The van der Waals surface area contributed by atoms with Crippen LogP contribution in [0.1, 0.15) is 66.7 Å². The maximum Gasteiger partial charge on any atom is 0.250 e. The molecule has 11 heteroatoms. The third-order valence-electron chi connectivity index (χ3n) is 6.58. The largest absolute Gasteiger partial charge is 0.598 e. The number of hydrogen-bond donors (Lipinski definition) is 1. The number of ketones is 1. The zero-order valence-corrected chi connectivity index (χ0v) is 25.0. The van der Waals surface area contributed by atoms with E-state index < -0.39 is 38.8 Å². The normalized spacial score (nSPS) is 13.2. The van der Waals surface area contributed by atoms with Crippen LogP contribution in [0.5, 0.6) is 5.75 Å². The van der Waals surface area contributed by atoms with Crippen LogP contribution in [0.4, 0.5) is 4.39 Å². The summed E-state index contributed by atoms with van der Waals surface area (Å²) in [6.07, 6.45) is 3.22. The number of ether oxygens (including phenoxy) is 1. The topological polar surface area (TPSA) is 118 Å². The van der Waals surface area contributed by atoms with Crippen molar-refractivity contribution in [2.24, 2.45) is 7.05 Å². The minimum atomic E-state index is -3.39. The average molecular weight is 591 g/mol. The van der Waals surface area contributed by atoms with Gasteiger partial charge in [0.1, 0.15) is 5.75 Å². The molecule has 0 amide bonds. The number of nitrogens with zero attached hydrogens (tertiary/aromatic N) is 1. The Labute approximate surface area is 237 Å². The summed E-state index contributed by atoms with van der Waals surface area (Å²) < 4.78 is 61.3. The Morgan fingerprint density at radius 2 is 1.88 bits per heavy atom. The van der Waals surface area contributed by atoms with Gasteiger partial charge in [0.2, 0.25) is 0 Å². The maximum absolute atomic E-state index is 14.5. The lowest BCUT2D eigenvalue weighted by molar-refractivity contribution is 0.103. The summed E-state index contributed by atoms with van der Waals surface area (Å²) in [7, 11) is -0.498. The predicted molar refractivity (Wildman–Crippen MR) is 156 cm³/mol. The SMILES string of the molecule is CCCC[S+]([O-])N[C@@H](C)c1cc(=O)n(C)cc1-c1cc(CS(=O)(=O)CC)ccc1C(=O)c1ccc(OC)c(F)c1. The van der Waals surface area contributed by atoms with Crippen molar-refractivity contribution in [1.29, 1.82) is 0 Å². The number of sulfone groups is 1. The molecule has 0 saturated heterocycles. The monoisotopic (exact) mass is 590 g/mol. The quantitative estimate of drug-likeness (QED) is 0.230. The number of carbonyl (C=O) groups is 1. The molecule has 2 aromatic carbocycles. The minimum absolute atomic E-state index is 0.00629. The van der Waals surface area contributed by atoms with Crippen LogP contribution in [0.15, 0.2) is 53.5 Å². The van der Waals surface area contributed by atoms with Crippen LogP contribution in [0.3, 0.4) is 0 Å². The van der Waals surface area contributed by atoms with Gasteiger partial charge in [-0.3, -0.25) is 9.59 Å². The number of rotatable bonds is 13. The number of aromatic nitrogens is 1. The van der Waals surface area contributed by atoms with E-state index in [9.17, 15) is 27.0 Å². The van der Waals surface area contributed by atoms with Gasteiger partial charge in [-0.05, 0) is 54.3 Å². The molecule has 1 unspecified atom stereocenters. The van der Waals surface area contributed by atoms with E-state index in [0.29, 0.717) is 28.0 Å². The lowest BCUT2D eigenvalue weighted by Gasteiger charge is -2.22. The maximum atomic E-state index is 14.5. The van der Waals surface area contributed by atoms with Crippen molar-refractivity contribution in [3.63, 3.8) is 0 Å². The summed E-state index contributed by atoms with van der Waals surface area (Å²) in [6.45, 7) is 5.33. The van der Waals surface area contributed by atoms with Crippen molar-refractivity contribution in [1.82, 2.24) is 9.29 Å². The Hall–Kier alpha value is -2.99. The Bertz CT molecular complexity index is 1540. The van der Waals surface area contributed by atoms with E-state index in [1.54, 1.807) is 39.2 Å². The molecule has 3 aromatic rings. The number of methoxy groups -OCH3 is 1. The van der Waals surface area contributed by atoms with Gasteiger partial charge in [-0.2, -0.15) is 0 Å². The lowest BCUT2D eigenvalue weighted by Crippen LogP contribution is -2.30. The molecule has 0 radical (unpaired) electrons. The highest BCUT2D eigenvalue weighted by Gasteiger charge is 2.24. The summed E-state index contributed by atoms with van der Waals surface area (Å²) in [5.41, 5.74) is 1.79. The summed E-state index contributed by atoms with van der Waals surface area (Å²) in [6, 6.07) is 9.48. The Morgan fingerprint density at radius 3 is 2.50 bits per heavy atom. The van der Waals surface area contributed by atoms with Crippen molar-refractivity contribution >= 4 is 27.0 Å². The van der Waals surface area contributed by atoms with Gasteiger partial charge in [-0.15, -0.1) is 4.72 Å². The Morgan fingerprint density at radius 1 is 1.15 bits per heavy atom. The highest BCUT2D eigenvalue weighted by Crippen LogP contribution is 2.33. The van der Waals surface area contributed by atoms with Crippen LogP contribution in [-0.4, -0.2) is 41.9 Å². The van der Waals surface area contributed by atoms with Crippen LogP contribution < -0.4 is 15.0 Å². The first-order chi connectivity index (χ1) is 18.9. The standard InChI is InChI=1S/C29H35FN2O6S2/c1-6-8-13-39(35)31-19(3)23-16-28(33)32(4)17-25(23)24-14-20(18-40(36,37)7-2)9-11-22(24)29(34)21-10-12-27(38-5)26(30)15-21/h9-12,14-17,19,31H,6-8,13,18H2,1-5H3/t19-,39?/m0/s1. The van der Waals surface area contributed by atoms with Crippen LogP contribution in [-0.2, 0) is 34.0 Å². The van der Waals surface area contributed by atoms with Crippen molar-refractivity contribution in [2.75, 3.05) is 18.6 Å². The van der Waals surface area contributed by atoms with Crippen LogP contribution in [0.25, 0.3) is 11.1 Å². The van der Waals surface area contributed by atoms with Gasteiger partial charge in [-0.25, -0.2) is 12.8 Å². The zero-order valence-electron chi connectivity index (χ0n) is 23.3. The first-order valence-electron chi connectivity index (χ1n) is 13.0. The van der Waals surface area contributed by atoms with Gasteiger partial charge in [0.25, 0.3) is 5.56 Å². The van der Waals surface area contributed by atoms with E-state index in [1.807, 2.05) is 6.92 Å². The third kappa shape index (κ3) is 7.60. The van der Waals surface area contributed by atoms with Crippen molar-refractivity contribution in [2.45, 2.75) is 45.4 Å². The summed E-state index contributed by atoms with van der Waals surface area (Å²) in [5.74, 6) is -1.04. The highest BCUT2D eigenvalue weighted by molar-refractivity contribution is 7.90. The molecule has 1 aromatic heterocycles. The van der Waals surface area contributed by atoms with E-state index in [4.69, 9.17) is 4.74 Å². The first kappa shape index (κ1) is 31.5. The molecule has 1 N–H and O–H groups in total. The number of hydrogen-bond acceptors (Lipinski definition) is 7. The fourth-order valence-corrected chi connectivity index (χ4v) is 6.33. The number of benzene rings is 2. The molecule has 0 bridgehead atoms. The fraction of sp³-hybridized carbons (Fsp3) is 0.379. The van der Waals surface area contributed by atoms with Crippen LogP contribution in [0, 0.1) is 5.82 Å². The number of unbranched alkanes of at least 4 members (excludes halogenated alkanes) is 1. The van der Waals surface area contributed by atoms with Crippen molar-refractivity contribution < 1.29 is 26.9 Å². The van der Waals surface area contributed by atoms with Gasteiger partial charge in [0, 0.05) is 53.1 Å². The lowest BCUT2D eigenvalue weighted by atomic mass is 9.89. The van der Waals surface area contributed by atoms with E-state index in [0.717, 1.165) is 18.9 Å². The van der Waals surface area contributed by atoms with E-state index in [2.05, 4.69) is 4.72 Å². The van der Waals surface area contributed by atoms with Crippen molar-refractivity contribution in [3.8, 4) is 16.9 Å². The number of nitrogens with one attached hydrogen (secondary N) is 1. The number of carbonyl (C=O) groups excluding carboxylic acids is 1. The molecule has 0 aliphatic heterocycles. The molecule has 0 aliphatic rings. The molecule has 0 fully saturated rings. The molecule has 1 heterocycles. The molecule has 3 rings (SSSR count). The van der Waals surface area contributed by atoms with Gasteiger partial charge in [0.15, 0.2) is 27.2 Å². The summed E-state index contributed by atoms with van der Waals surface area (Å²) in [5, 5.41) is 0. The second kappa shape index (κ2) is 13.6. The smallest absolute Gasteiger partial charge is 0.250 e. The molecule has 0 spiro atoms. The van der Waals surface area contributed by atoms with Crippen molar-refractivity contribution in [3.05, 3.63) is 87.1 Å². The number of pyridine rings is 1. The molecule has 2 atom stereocenters. The fourth-order valence-electron chi connectivity index (χ4n) is 4.24. The van der Waals surface area contributed by atoms with Gasteiger partial charge < -0.3 is 13.9 Å². The van der Waals surface area contributed by atoms with E-state index in [1.165, 1.54) is 35.9 Å². The molecule has 40 heavy (non-hydrogen) atoms. The number of halogens is 1. The summed E-state index contributed by atoms with van der Waals surface area (Å²) in [4.78, 5) is 26.4. The molecule has 8 nitrogen and oxygen atoms in total. The van der Waals surface area contributed by atoms with Gasteiger partial charge in [0.05, 0.1) is 18.9 Å². The number of aryl methyl sites for hydroxylation is 1. The predicted octanol–water partition coefficient (Wildman–Crippen LogP) is 4.48. The Kier molecular flexibility index (Phi) is 10.7. The second-order valence-electron chi connectivity index (χ2n) is 9.57. The van der Waals surface area contributed by atoms with Gasteiger partial charge >= 0.3 is 0 Å². The zero-order chi connectivity index (χ0) is 29.6. The molecular formula is C29H35FN2O6S2. The molecule has 0 saturated carbocycles. The first-order valence-corrected chi connectivity index (χ1v) is 16.1. The van der Waals surface area contributed by atoms with Crippen LogP contribution in [0.2, 0.25) is 0 Å². The average Bonchev–Trinajstić information content (AvgIpc) is 2.92. The Balaban J connectivity index is 2.23. The highest BCUT2D eigenvalue weighted by atomic mass is 32.2. The molecule has 216 valence electrons. The third-order valence-corrected chi connectivity index (χ3v) is 9.51. The van der Waals surface area contributed by atoms with E-state index >= 15 is 0 Å². The summed E-state index contributed by atoms with van der Waals surface area (Å²) >= 11 is -1.35. The second-order valence-corrected chi connectivity index (χ2v) is 13.3. The minimum Gasteiger partial charge on any atom is -0.598 e. The van der Waals surface area contributed by atoms with Crippen LogP contribution >= 0.6 is 0 Å². The molecule has 0 aliphatic carbocycles. The molecular weight excluding hydrogens is 555 g/mol.